The quantitative estimate of drug-likeness (QED) is 0.687. The second-order valence-electron chi connectivity index (χ2n) is 5.57. The Kier molecular flexibility index (Phi) is 4.02. The minimum absolute atomic E-state index is 0.0530. The summed E-state index contributed by atoms with van der Waals surface area (Å²) >= 11 is 1.48. The molecule has 0 aliphatic heterocycles. The van der Waals surface area contributed by atoms with Gasteiger partial charge in [0, 0.05) is 5.39 Å². The van der Waals surface area contributed by atoms with E-state index in [1.165, 1.54) is 11.3 Å². The van der Waals surface area contributed by atoms with E-state index in [1.54, 1.807) is 31.2 Å². The van der Waals surface area contributed by atoms with Crippen molar-refractivity contribution < 1.29 is 9.90 Å². The summed E-state index contributed by atoms with van der Waals surface area (Å²) in [5.41, 5.74) is -0.547. The number of fused-ring (bicyclic) bond motifs is 1. The van der Waals surface area contributed by atoms with Crippen LogP contribution in [0.2, 0.25) is 0 Å². The van der Waals surface area contributed by atoms with Gasteiger partial charge in [-0.25, -0.2) is 0 Å². The molecule has 23 heavy (non-hydrogen) atoms. The third-order valence-electron chi connectivity index (χ3n) is 3.73. The molecule has 0 saturated heterocycles. The Morgan fingerprint density at radius 2 is 2.13 bits per heavy atom. The molecule has 0 fully saturated rings. The first kappa shape index (κ1) is 15.5. The highest BCUT2D eigenvalue weighted by Gasteiger charge is 2.24. The van der Waals surface area contributed by atoms with Gasteiger partial charge in [0.05, 0.1) is 6.54 Å². The van der Waals surface area contributed by atoms with Gasteiger partial charge in [-0.05, 0) is 46.8 Å². The monoisotopic (exact) mass is 328 g/mol. The molecule has 0 bridgehead atoms. The molecule has 0 saturated carbocycles. The van der Waals surface area contributed by atoms with Crippen LogP contribution >= 0.6 is 11.3 Å². The number of H-pyrrole nitrogens is 1. The SMILES string of the molecule is C[C@@](O)(CNC(=O)c1cc2ccccc2c(=O)[nH]1)c1ccsc1. The van der Waals surface area contributed by atoms with Crippen molar-refractivity contribution in [2.75, 3.05) is 6.54 Å². The number of aliphatic hydroxyl groups is 1. The van der Waals surface area contributed by atoms with E-state index in [1.807, 2.05) is 22.9 Å². The first-order valence-electron chi connectivity index (χ1n) is 7.13. The predicted molar refractivity (Wildman–Crippen MR) is 90.8 cm³/mol. The normalized spacial score (nSPS) is 13.7. The largest absolute Gasteiger partial charge is 0.384 e. The number of pyridine rings is 1. The summed E-state index contributed by atoms with van der Waals surface area (Å²) in [5, 5.41) is 18.0. The van der Waals surface area contributed by atoms with E-state index in [9.17, 15) is 14.7 Å². The molecular weight excluding hydrogens is 312 g/mol. The lowest BCUT2D eigenvalue weighted by molar-refractivity contribution is 0.0528. The Labute approximate surface area is 136 Å². The van der Waals surface area contributed by atoms with Gasteiger partial charge in [-0.1, -0.05) is 18.2 Å². The number of hydrogen-bond donors (Lipinski definition) is 3. The van der Waals surface area contributed by atoms with Gasteiger partial charge in [0.15, 0.2) is 0 Å². The standard InChI is InChI=1S/C17H16N2O3S/c1-17(22,12-6-7-23-9-12)10-18-16(21)14-8-11-4-2-3-5-13(11)15(20)19-14/h2-9,22H,10H2,1H3,(H,18,21)(H,19,20)/t17-/m1/s1. The van der Waals surface area contributed by atoms with Crippen molar-refractivity contribution in [3.63, 3.8) is 0 Å². The van der Waals surface area contributed by atoms with Crippen molar-refractivity contribution in [2.24, 2.45) is 0 Å². The number of thiophene rings is 1. The highest BCUT2D eigenvalue weighted by Crippen LogP contribution is 2.22. The van der Waals surface area contributed by atoms with Crippen LogP contribution in [0.5, 0.6) is 0 Å². The summed E-state index contributed by atoms with van der Waals surface area (Å²) in [4.78, 5) is 26.8. The van der Waals surface area contributed by atoms with Crippen LogP contribution in [0.3, 0.4) is 0 Å². The zero-order chi connectivity index (χ0) is 16.4. The lowest BCUT2D eigenvalue weighted by Gasteiger charge is -2.22. The molecule has 3 N–H and O–H groups in total. The van der Waals surface area contributed by atoms with Gasteiger partial charge in [-0.15, -0.1) is 0 Å². The number of rotatable bonds is 4. The van der Waals surface area contributed by atoms with Crippen LogP contribution in [-0.2, 0) is 5.60 Å². The maximum Gasteiger partial charge on any atom is 0.267 e. The number of nitrogens with one attached hydrogen (secondary N) is 2. The smallest absolute Gasteiger partial charge is 0.267 e. The van der Waals surface area contributed by atoms with E-state index in [2.05, 4.69) is 10.3 Å². The number of benzene rings is 1. The topological polar surface area (TPSA) is 82.2 Å². The van der Waals surface area contributed by atoms with Crippen LogP contribution in [0.4, 0.5) is 0 Å². The highest BCUT2D eigenvalue weighted by molar-refractivity contribution is 7.08. The van der Waals surface area contributed by atoms with Gasteiger partial charge >= 0.3 is 0 Å². The number of aromatic amines is 1. The zero-order valence-corrected chi connectivity index (χ0v) is 13.3. The van der Waals surface area contributed by atoms with Crippen LogP contribution in [0.15, 0.2) is 52.0 Å². The molecule has 1 aromatic carbocycles. The lowest BCUT2D eigenvalue weighted by Crippen LogP contribution is -2.39. The molecule has 1 amide bonds. The summed E-state index contributed by atoms with van der Waals surface area (Å²) in [6.45, 7) is 1.69. The second kappa shape index (κ2) is 5.98. The molecule has 5 nitrogen and oxygen atoms in total. The molecule has 0 aliphatic rings. The van der Waals surface area contributed by atoms with Gasteiger partial charge in [0.1, 0.15) is 11.3 Å². The Balaban J connectivity index is 1.80. The van der Waals surface area contributed by atoms with E-state index in [-0.39, 0.29) is 17.8 Å². The van der Waals surface area contributed by atoms with Gasteiger partial charge in [-0.2, -0.15) is 11.3 Å². The first-order chi connectivity index (χ1) is 11.0. The number of carbonyl (C=O) groups excluding carboxylic acids is 1. The molecule has 2 aromatic heterocycles. The number of carbonyl (C=O) groups is 1. The molecular formula is C17H16N2O3S. The summed E-state index contributed by atoms with van der Waals surface area (Å²) in [7, 11) is 0. The van der Waals surface area contributed by atoms with Crippen molar-refractivity contribution in [1.82, 2.24) is 10.3 Å². The third-order valence-corrected chi connectivity index (χ3v) is 4.42. The van der Waals surface area contributed by atoms with Crippen molar-refractivity contribution in [2.45, 2.75) is 12.5 Å². The van der Waals surface area contributed by atoms with Crippen LogP contribution in [0, 0.1) is 0 Å². The van der Waals surface area contributed by atoms with Gasteiger partial charge in [0.25, 0.3) is 11.5 Å². The van der Waals surface area contributed by atoms with E-state index in [0.717, 1.165) is 5.56 Å². The number of amides is 1. The molecule has 3 aromatic rings. The van der Waals surface area contributed by atoms with E-state index in [4.69, 9.17) is 0 Å². The minimum atomic E-state index is -1.16. The Hall–Kier alpha value is -2.44. The lowest BCUT2D eigenvalue weighted by atomic mass is 9.99. The van der Waals surface area contributed by atoms with Gasteiger partial charge in [0.2, 0.25) is 0 Å². The average Bonchev–Trinajstić information content (AvgIpc) is 3.08. The average molecular weight is 328 g/mol. The van der Waals surface area contributed by atoms with E-state index < -0.39 is 11.5 Å². The Morgan fingerprint density at radius 1 is 1.35 bits per heavy atom. The van der Waals surface area contributed by atoms with Crippen molar-refractivity contribution >= 4 is 28.0 Å². The van der Waals surface area contributed by atoms with Crippen molar-refractivity contribution in [3.8, 4) is 0 Å². The van der Waals surface area contributed by atoms with Crippen molar-refractivity contribution in [3.05, 3.63) is 68.8 Å². The minimum Gasteiger partial charge on any atom is -0.384 e. The fraction of sp³-hybridized carbons (Fsp3) is 0.176. The molecule has 1 atom stereocenters. The van der Waals surface area contributed by atoms with Crippen LogP contribution in [-0.4, -0.2) is 22.5 Å². The van der Waals surface area contributed by atoms with Gasteiger partial charge < -0.3 is 15.4 Å². The maximum atomic E-state index is 12.3. The maximum absolute atomic E-state index is 12.3. The van der Waals surface area contributed by atoms with Crippen LogP contribution < -0.4 is 10.9 Å². The van der Waals surface area contributed by atoms with Crippen LogP contribution in [0.25, 0.3) is 10.8 Å². The molecule has 0 unspecified atom stereocenters. The Morgan fingerprint density at radius 3 is 2.87 bits per heavy atom. The zero-order valence-electron chi connectivity index (χ0n) is 12.5. The summed E-state index contributed by atoms with van der Waals surface area (Å²) in [6.07, 6.45) is 0. The summed E-state index contributed by atoms with van der Waals surface area (Å²) in [5.74, 6) is -0.427. The molecule has 2 heterocycles. The number of aromatic nitrogens is 1. The van der Waals surface area contributed by atoms with Crippen LogP contribution in [0.1, 0.15) is 23.0 Å². The summed E-state index contributed by atoms with van der Waals surface area (Å²) in [6, 6.07) is 10.5. The molecule has 3 rings (SSSR count). The van der Waals surface area contributed by atoms with E-state index in [0.29, 0.717) is 10.8 Å². The second-order valence-corrected chi connectivity index (χ2v) is 6.35. The van der Waals surface area contributed by atoms with E-state index >= 15 is 0 Å². The fourth-order valence-corrected chi connectivity index (χ4v) is 3.14. The molecule has 6 heteroatoms. The predicted octanol–water partition coefficient (Wildman–Crippen LogP) is 2.23. The third kappa shape index (κ3) is 3.18. The summed E-state index contributed by atoms with van der Waals surface area (Å²) < 4.78 is 0. The Bertz CT molecular complexity index is 898. The molecule has 0 radical (unpaired) electrons. The fourth-order valence-electron chi connectivity index (χ4n) is 2.35. The number of hydrogen-bond acceptors (Lipinski definition) is 4. The molecule has 118 valence electrons. The molecule has 0 spiro atoms. The highest BCUT2D eigenvalue weighted by atomic mass is 32.1. The first-order valence-corrected chi connectivity index (χ1v) is 8.07. The van der Waals surface area contributed by atoms with Gasteiger partial charge in [-0.3, -0.25) is 9.59 Å². The molecule has 0 aliphatic carbocycles. The van der Waals surface area contributed by atoms with Crippen molar-refractivity contribution in [1.29, 1.82) is 0 Å².